The lowest BCUT2D eigenvalue weighted by Crippen LogP contribution is -2.52. The van der Waals surface area contributed by atoms with Gasteiger partial charge in [0, 0.05) is 0 Å². The summed E-state index contributed by atoms with van der Waals surface area (Å²) in [6, 6.07) is 32.2. The standard InChI is InChI=1S/C18H15S.C7H8ClF5O5S/c1-4-10-16(11-5-1)19(17-12-6-2-7-13-17)18-14-8-3-9-15-18;1-2-3(8)4(14)18-5(6(9,10)11)7(12,13)19(15,16)17/h1-15H;3,5H,2H2,1H3,(H,15,16,17)/q+1;/p-1. The predicted octanol–water partition coefficient (Wildman–Crippen LogP) is 6.40. The summed E-state index contributed by atoms with van der Waals surface area (Å²) in [5.41, 5.74) is 0. The molecule has 2 atom stereocenters. The van der Waals surface area contributed by atoms with Gasteiger partial charge in [0.1, 0.15) is 5.38 Å². The minimum Gasteiger partial charge on any atom is -0.743 e. The van der Waals surface area contributed by atoms with E-state index in [0.29, 0.717) is 0 Å². The summed E-state index contributed by atoms with van der Waals surface area (Å²) in [6.45, 7) is 1.24. The van der Waals surface area contributed by atoms with E-state index >= 15 is 0 Å². The Labute approximate surface area is 224 Å². The quantitative estimate of drug-likeness (QED) is 0.0988. The van der Waals surface area contributed by atoms with E-state index in [4.69, 9.17) is 11.6 Å². The number of hydrogen-bond donors (Lipinski definition) is 0. The smallest absolute Gasteiger partial charge is 0.432 e. The Bertz CT molecular complexity index is 1170. The van der Waals surface area contributed by atoms with E-state index in [2.05, 4.69) is 95.7 Å². The van der Waals surface area contributed by atoms with E-state index in [0.717, 1.165) is 0 Å². The van der Waals surface area contributed by atoms with E-state index in [1.807, 2.05) is 0 Å². The van der Waals surface area contributed by atoms with Crippen LogP contribution >= 0.6 is 11.6 Å². The van der Waals surface area contributed by atoms with Gasteiger partial charge in [-0.3, -0.25) is 4.79 Å². The lowest BCUT2D eigenvalue weighted by atomic mass is 10.3. The molecule has 0 bridgehead atoms. The molecule has 2 unspecified atom stereocenters. The van der Waals surface area contributed by atoms with Crippen molar-refractivity contribution in [1.29, 1.82) is 0 Å². The summed E-state index contributed by atoms with van der Waals surface area (Å²) in [6.07, 6.45) is -10.6. The largest absolute Gasteiger partial charge is 0.743 e. The van der Waals surface area contributed by atoms with Crippen molar-refractivity contribution in [3.8, 4) is 0 Å². The van der Waals surface area contributed by atoms with Crippen LogP contribution in [0.2, 0.25) is 0 Å². The van der Waals surface area contributed by atoms with Crippen molar-refractivity contribution in [3.63, 3.8) is 0 Å². The number of hydrogen-bond acceptors (Lipinski definition) is 5. The summed E-state index contributed by atoms with van der Waals surface area (Å²) in [7, 11) is -6.70. The minimum absolute atomic E-state index is 0.0146. The Morgan fingerprint density at radius 3 is 1.45 bits per heavy atom. The molecule has 206 valence electrons. The van der Waals surface area contributed by atoms with Crippen LogP contribution in [0.5, 0.6) is 0 Å². The van der Waals surface area contributed by atoms with Gasteiger partial charge in [-0.2, -0.15) is 22.0 Å². The molecule has 0 N–H and O–H groups in total. The highest BCUT2D eigenvalue weighted by Gasteiger charge is 2.63. The Morgan fingerprint density at radius 1 is 0.842 bits per heavy atom. The molecule has 3 rings (SSSR count). The third-order valence-electron chi connectivity index (χ3n) is 4.72. The zero-order valence-corrected chi connectivity index (χ0v) is 22.0. The number of rotatable bonds is 8. The van der Waals surface area contributed by atoms with Crippen molar-refractivity contribution in [3.05, 3.63) is 91.0 Å². The van der Waals surface area contributed by atoms with E-state index in [1.165, 1.54) is 21.6 Å². The monoisotopic (exact) mass is 596 g/mol. The second-order valence-electron chi connectivity index (χ2n) is 7.50. The van der Waals surface area contributed by atoms with Gasteiger partial charge in [-0.15, -0.1) is 11.6 Å². The molecule has 3 aromatic carbocycles. The normalized spacial score (nSPS) is 13.7. The molecule has 0 aromatic heterocycles. The molecule has 13 heteroatoms. The zero-order valence-electron chi connectivity index (χ0n) is 19.6. The number of carbonyl (C=O) groups is 1. The second kappa shape index (κ2) is 13.4. The van der Waals surface area contributed by atoms with Gasteiger partial charge < -0.3 is 9.29 Å². The van der Waals surface area contributed by atoms with Crippen molar-refractivity contribution in [2.24, 2.45) is 0 Å². The van der Waals surface area contributed by atoms with Crippen molar-refractivity contribution in [1.82, 2.24) is 0 Å². The number of ether oxygens (including phenoxy) is 1. The molecule has 0 aliphatic rings. The van der Waals surface area contributed by atoms with Crippen LogP contribution in [0.3, 0.4) is 0 Å². The predicted molar refractivity (Wildman–Crippen MR) is 132 cm³/mol. The number of esters is 1. The topological polar surface area (TPSA) is 83.5 Å². The molecule has 38 heavy (non-hydrogen) atoms. The van der Waals surface area contributed by atoms with Gasteiger partial charge in [-0.25, -0.2) is 8.42 Å². The first-order valence-electron chi connectivity index (χ1n) is 10.8. The van der Waals surface area contributed by atoms with Gasteiger partial charge in [-0.05, 0) is 42.8 Å². The molecule has 0 heterocycles. The Morgan fingerprint density at radius 2 is 1.18 bits per heavy atom. The summed E-state index contributed by atoms with van der Waals surface area (Å²) in [5.74, 6) is -1.91. The van der Waals surface area contributed by atoms with Crippen LogP contribution in [-0.4, -0.2) is 41.9 Å². The van der Waals surface area contributed by atoms with Crippen LogP contribution < -0.4 is 0 Å². The van der Waals surface area contributed by atoms with Gasteiger partial charge in [-0.1, -0.05) is 61.5 Å². The third kappa shape index (κ3) is 8.42. The van der Waals surface area contributed by atoms with Crippen LogP contribution in [0.4, 0.5) is 22.0 Å². The Kier molecular flexibility index (Phi) is 11.1. The SMILES string of the molecule is CCC(Cl)C(=O)OC(C(F)(F)F)C(F)(F)S(=O)(=O)[O-].c1ccc([S+](c2ccccc2)c2ccccc2)cc1. The number of halogens is 6. The molecule has 0 aliphatic carbocycles. The van der Waals surface area contributed by atoms with E-state index in [1.54, 1.807) is 0 Å². The molecule has 5 nitrogen and oxygen atoms in total. The first-order valence-corrected chi connectivity index (χ1v) is 13.9. The first kappa shape index (κ1) is 31.5. The molecule has 0 radical (unpaired) electrons. The van der Waals surface area contributed by atoms with Crippen LogP contribution in [-0.2, 0) is 30.5 Å². The Hall–Kier alpha value is -2.67. The highest BCUT2D eigenvalue weighted by atomic mass is 35.5. The molecular weight excluding hydrogens is 575 g/mol. The summed E-state index contributed by atoms with van der Waals surface area (Å²) < 4.78 is 96.3. The van der Waals surface area contributed by atoms with Gasteiger partial charge in [0.15, 0.2) is 24.8 Å². The highest BCUT2D eigenvalue weighted by Crippen LogP contribution is 2.38. The highest BCUT2D eigenvalue weighted by molar-refractivity contribution is 7.97. The zero-order chi connectivity index (χ0) is 28.6. The van der Waals surface area contributed by atoms with Crippen molar-refractivity contribution in [2.45, 2.75) is 50.9 Å². The molecule has 0 saturated carbocycles. The molecular formula is C25H22ClF5O5S2. The summed E-state index contributed by atoms with van der Waals surface area (Å²) in [5, 5.41) is -7.54. The van der Waals surface area contributed by atoms with E-state index < -0.39 is 39.0 Å². The van der Waals surface area contributed by atoms with Gasteiger partial charge in [0.05, 0.1) is 10.9 Å². The maximum absolute atomic E-state index is 12.9. The van der Waals surface area contributed by atoms with E-state index in [-0.39, 0.29) is 17.3 Å². The lowest BCUT2D eigenvalue weighted by molar-refractivity contribution is -0.259. The van der Waals surface area contributed by atoms with Crippen LogP contribution in [0.25, 0.3) is 0 Å². The maximum Gasteiger partial charge on any atom is 0.432 e. The molecule has 0 amide bonds. The van der Waals surface area contributed by atoms with Crippen molar-refractivity contribution in [2.75, 3.05) is 0 Å². The van der Waals surface area contributed by atoms with Crippen molar-refractivity contribution >= 4 is 38.6 Å². The maximum atomic E-state index is 12.9. The third-order valence-corrected chi connectivity index (χ3v) is 8.32. The molecule has 3 aromatic rings. The fourth-order valence-electron chi connectivity index (χ4n) is 2.89. The molecule has 0 fully saturated rings. The summed E-state index contributed by atoms with van der Waals surface area (Å²) in [4.78, 5) is 15.0. The first-order chi connectivity index (χ1) is 17.7. The average molecular weight is 597 g/mol. The Balaban J connectivity index is 0.000000267. The second-order valence-corrected chi connectivity index (χ2v) is 11.5. The number of alkyl halides is 6. The average Bonchev–Trinajstić information content (AvgIpc) is 2.87. The van der Waals surface area contributed by atoms with Gasteiger partial charge in [0.2, 0.25) is 0 Å². The van der Waals surface area contributed by atoms with Gasteiger partial charge >= 0.3 is 17.4 Å². The lowest BCUT2D eigenvalue weighted by Gasteiger charge is -2.30. The number of benzene rings is 3. The van der Waals surface area contributed by atoms with Crippen LogP contribution in [0, 0.1) is 0 Å². The number of carbonyl (C=O) groups excluding carboxylic acids is 1. The fourth-order valence-corrected chi connectivity index (χ4v) is 5.49. The summed E-state index contributed by atoms with van der Waals surface area (Å²) >= 11 is 5.16. The van der Waals surface area contributed by atoms with Gasteiger partial charge in [0.25, 0.3) is 6.10 Å². The molecule has 0 saturated heterocycles. The van der Waals surface area contributed by atoms with E-state index in [9.17, 15) is 39.7 Å². The van der Waals surface area contributed by atoms with Crippen LogP contribution in [0.1, 0.15) is 13.3 Å². The molecule has 0 aliphatic heterocycles. The van der Waals surface area contributed by atoms with Crippen LogP contribution in [0.15, 0.2) is 106 Å². The fraction of sp³-hybridized carbons (Fsp3) is 0.240. The van der Waals surface area contributed by atoms with Crippen molar-refractivity contribution < 1.29 is 44.5 Å². The minimum atomic E-state index is -6.69. The molecule has 0 spiro atoms.